The Morgan fingerprint density at radius 2 is 2.05 bits per heavy atom. The van der Waals surface area contributed by atoms with Gasteiger partial charge in [0, 0.05) is 11.4 Å². The summed E-state index contributed by atoms with van der Waals surface area (Å²) in [5, 5.41) is 4.00. The number of rotatable bonds is 2. The van der Waals surface area contributed by atoms with Gasteiger partial charge in [-0.25, -0.2) is 0 Å². The summed E-state index contributed by atoms with van der Waals surface area (Å²) >= 11 is 1.53. The SMILES string of the molecule is CC1=C(C(=O)Nc2ccccc2)SC2=N[C@H]3CCCC[C@@H]3N21. The van der Waals surface area contributed by atoms with Gasteiger partial charge in [-0.3, -0.25) is 9.79 Å². The third-order valence-corrected chi connectivity index (χ3v) is 5.80. The summed E-state index contributed by atoms with van der Waals surface area (Å²) in [7, 11) is 0. The Kier molecular flexibility index (Phi) is 3.45. The predicted octanol–water partition coefficient (Wildman–Crippen LogP) is 3.59. The van der Waals surface area contributed by atoms with E-state index in [1.807, 2.05) is 37.3 Å². The van der Waals surface area contributed by atoms with Crippen LogP contribution in [0.2, 0.25) is 0 Å². The molecule has 1 amide bonds. The van der Waals surface area contributed by atoms with E-state index in [-0.39, 0.29) is 5.91 Å². The Labute approximate surface area is 134 Å². The monoisotopic (exact) mass is 313 g/mol. The summed E-state index contributed by atoms with van der Waals surface area (Å²) in [6, 6.07) is 10.5. The Morgan fingerprint density at radius 1 is 1.27 bits per heavy atom. The van der Waals surface area contributed by atoms with Gasteiger partial charge in [0.15, 0.2) is 5.17 Å². The van der Waals surface area contributed by atoms with E-state index in [0.717, 1.165) is 21.5 Å². The van der Waals surface area contributed by atoms with Gasteiger partial charge in [-0.15, -0.1) is 0 Å². The zero-order chi connectivity index (χ0) is 15.1. The first-order valence-electron chi connectivity index (χ1n) is 7.86. The molecule has 0 unspecified atom stereocenters. The van der Waals surface area contributed by atoms with Gasteiger partial charge in [0.25, 0.3) is 5.91 Å². The average Bonchev–Trinajstić information content (AvgIpc) is 3.05. The largest absolute Gasteiger partial charge is 0.321 e. The molecule has 4 rings (SSSR count). The molecule has 22 heavy (non-hydrogen) atoms. The van der Waals surface area contributed by atoms with Crippen molar-refractivity contribution in [2.45, 2.75) is 44.7 Å². The molecule has 114 valence electrons. The molecule has 0 aromatic heterocycles. The van der Waals surface area contributed by atoms with Gasteiger partial charge < -0.3 is 10.2 Å². The fraction of sp³-hybridized carbons (Fsp3) is 0.412. The van der Waals surface area contributed by atoms with Gasteiger partial charge in [0.05, 0.1) is 17.0 Å². The normalized spacial score (nSPS) is 26.6. The number of allylic oxidation sites excluding steroid dienone is 1. The van der Waals surface area contributed by atoms with Gasteiger partial charge in [-0.2, -0.15) is 0 Å². The smallest absolute Gasteiger partial charge is 0.264 e. The molecule has 4 nitrogen and oxygen atoms in total. The molecular formula is C17H19N3OS. The molecule has 1 aromatic carbocycles. The minimum Gasteiger partial charge on any atom is -0.321 e. The Balaban J connectivity index is 1.55. The number of nitrogens with one attached hydrogen (secondary N) is 1. The van der Waals surface area contributed by atoms with Crippen molar-refractivity contribution in [1.82, 2.24) is 4.90 Å². The number of thioether (sulfide) groups is 1. The lowest BCUT2D eigenvalue weighted by molar-refractivity contribution is -0.112. The number of amidine groups is 1. The fourth-order valence-corrected chi connectivity index (χ4v) is 4.68. The molecule has 3 aliphatic rings. The average molecular weight is 313 g/mol. The van der Waals surface area contributed by atoms with Crippen molar-refractivity contribution in [3.05, 3.63) is 40.9 Å². The Morgan fingerprint density at radius 3 is 2.86 bits per heavy atom. The highest BCUT2D eigenvalue weighted by atomic mass is 32.2. The lowest BCUT2D eigenvalue weighted by atomic mass is 9.90. The standard InChI is InChI=1S/C17H19N3OS/c1-11-15(16(21)18-12-7-3-2-4-8-12)22-17-19-13-9-5-6-10-14(13)20(11)17/h2-4,7-8,13-14H,5-6,9-10H2,1H3,(H,18,21)/t13-,14-/m0/s1. The molecular weight excluding hydrogens is 294 g/mol. The molecule has 1 fully saturated rings. The molecule has 1 aromatic rings. The van der Waals surface area contributed by atoms with Gasteiger partial charge in [-0.1, -0.05) is 31.0 Å². The topological polar surface area (TPSA) is 44.7 Å². The number of para-hydroxylation sites is 1. The maximum atomic E-state index is 12.5. The third-order valence-electron chi connectivity index (χ3n) is 4.63. The van der Waals surface area contributed by atoms with Crippen LogP contribution in [0.25, 0.3) is 0 Å². The number of carbonyl (C=O) groups is 1. The summed E-state index contributed by atoms with van der Waals surface area (Å²) < 4.78 is 0. The number of amides is 1. The highest BCUT2D eigenvalue weighted by Gasteiger charge is 2.44. The number of anilines is 1. The molecule has 0 saturated heterocycles. The zero-order valence-electron chi connectivity index (χ0n) is 12.6. The molecule has 2 aliphatic heterocycles. The van der Waals surface area contributed by atoms with Crippen LogP contribution in [0.3, 0.4) is 0 Å². The maximum absolute atomic E-state index is 12.5. The minimum absolute atomic E-state index is 0.0295. The van der Waals surface area contributed by atoms with Crippen molar-refractivity contribution >= 4 is 28.5 Å². The van der Waals surface area contributed by atoms with Gasteiger partial charge in [-0.05, 0) is 43.7 Å². The van der Waals surface area contributed by atoms with Crippen LogP contribution in [0.15, 0.2) is 45.9 Å². The van der Waals surface area contributed by atoms with E-state index in [1.54, 1.807) is 0 Å². The van der Waals surface area contributed by atoms with E-state index >= 15 is 0 Å². The van der Waals surface area contributed by atoms with Crippen molar-refractivity contribution in [1.29, 1.82) is 0 Å². The second kappa shape index (κ2) is 5.47. The number of hydrogen-bond donors (Lipinski definition) is 1. The maximum Gasteiger partial charge on any atom is 0.264 e. The van der Waals surface area contributed by atoms with Gasteiger partial charge in [0.2, 0.25) is 0 Å². The van der Waals surface area contributed by atoms with E-state index in [4.69, 9.17) is 4.99 Å². The number of aliphatic imine (C=N–C) groups is 1. The summed E-state index contributed by atoms with van der Waals surface area (Å²) in [6.07, 6.45) is 4.91. The quantitative estimate of drug-likeness (QED) is 0.907. The first kappa shape index (κ1) is 13.9. The molecule has 2 heterocycles. The Hall–Kier alpha value is -1.75. The number of fused-ring (bicyclic) bond motifs is 3. The number of carbonyl (C=O) groups excluding carboxylic acids is 1. The van der Waals surface area contributed by atoms with Crippen molar-refractivity contribution in [2.24, 2.45) is 4.99 Å². The van der Waals surface area contributed by atoms with Crippen molar-refractivity contribution in [3.63, 3.8) is 0 Å². The van der Waals surface area contributed by atoms with Crippen LogP contribution < -0.4 is 5.32 Å². The van der Waals surface area contributed by atoms with Crippen molar-refractivity contribution in [2.75, 3.05) is 5.32 Å². The lowest BCUT2D eigenvalue weighted by Crippen LogP contribution is -2.38. The van der Waals surface area contributed by atoms with Gasteiger partial charge >= 0.3 is 0 Å². The second-order valence-electron chi connectivity index (χ2n) is 6.04. The van der Waals surface area contributed by atoms with Crippen molar-refractivity contribution < 1.29 is 4.79 Å². The summed E-state index contributed by atoms with van der Waals surface area (Å²) in [4.78, 5) is 20.5. The van der Waals surface area contributed by atoms with Crippen LogP contribution in [0.4, 0.5) is 5.69 Å². The lowest BCUT2D eigenvalue weighted by Gasteiger charge is -2.31. The number of hydrogen-bond acceptors (Lipinski definition) is 4. The first-order chi connectivity index (χ1) is 10.7. The van der Waals surface area contributed by atoms with E-state index in [1.165, 1.54) is 37.4 Å². The van der Waals surface area contributed by atoms with Crippen LogP contribution in [0.5, 0.6) is 0 Å². The van der Waals surface area contributed by atoms with E-state index in [0.29, 0.717) is 12.1 Å². The highest BCUT2D eigenvalue weighted by Crippen LogP contribution is 2.44. The van der Waals surface area contributed by atoms with Crippen LogP contribution >= 0.6 is 11.8 Å². The number of benzene rings is 1. The number of nitrogens with zero attached hydrogens (tertiary/aromatic N) is 2. The van der Waals surface area contributed by atoms with Crippen LogP contribution in [0, 0.1) is 0 Å². The van der Waals surface area contributed by atoms with E-state index in [2.05, 4.69) is 10.2 Å². The van der Waals surface area contributed by atoms with E-state index < -0.39 is 0 Å². The third kappa shape index (κ3) is 2.24. The zero-order valence-corrected chi connectivity index (χ0v) is 13.4. The molecule has 2 atom stereocenters. The predicted molar refractivity (Wildman–Crippen MR) is 90.7 cm³/mol. The molecule has 1 N–H and O–H groups in total. The first-order valence-corrected chi connectivity index (χ1v) is 8.68. The fourth-order valence-electron chi connectivity index (χ4n) is 3.55. The minimum atomic E-state index is -0.0295. The summed E-state index contributed by atoms with van der Waals surface area (Å²) in [6.45, 7) is 2.05. The molecule has 0 spiro atoms. The van der Waals surface area contributed by atoms with Crippen molar-refractivity contribution in [3.8, 4) is 0 Å². The second-order valence-corrected chi connectivity index (χ2v) is 7.02. The van der Waals surface area contributed by atoms with Gasteiger partial charge in [0.1, 0.15) is 0 Å². The summed E-state index contributed by atoms with van der Waals surface area (Å²) in [5.74, 6) is -0.0295. The molecule has 0 bridgehead atoms. The molecule has 0 radical (unpaired) electrons. The Bertz CT molecular complexity index is 668. The molecule has 1 saturated carbocycles. The van der Waals surface area contributed by atoms with E-state index in [9.17, 15) is 4.79 Å². The van der Waals surface area contributed by atoms with Crippen LogP contribution in [-0.2, 0) is 4.79 Å². The van der Waals surface area contributed by atoms with Crippen LogP contribution in [0.1, 0.15) is 32.6 Å². The van der Waals surface area contributed by atoms with Crippen LogP contribution in [-0.4, -0.2) is 28.1 Å². The molecule has 5 heteroatoms. The summed E-state index contributed by atoms with van der Waals surface area (Å²) in [5.41, 5.74) is 1.89. The highest BCUT2D eigenvalue weighted by molar-refractivity contribution is 8.18. The molecule has 1 aliphatic carbocycles.